The molecule has 1 unspecified atom stereocenters. The molecule has 17 rings (SSSR count). The number of fused-ring (bicyclic) bond motifs is 12. The molecule has 1 atom stereocenters. The molecule has 386 valence electrons. The highest BCUT2D eigenvalue weighted by molar-refractivity contribution is 7.26. The number of nitrogens with zero attached hydrogens (tertiary/aromatic N) is 3. The van der Waals surface area contributed by atoms with Crippen LogP contribution < -0.4 is 0 Å². The van der Waals surface area contributed by atoms with E-state index in [4.69, 9.17) is 18.8 Å². The van der Waals surface area contributed by atoms with Crippen LogP contribution in [0.1, 0.15) is 46.0 Å². The Balaban J connectivity index is 0.764. The molecule has 0 radical (unpaired) electrons. The lowest BCUT2D eigenvalue weighted by molar-refractivity contribution is 0.592. The van der Waals surface area contributed by atoms with E-state index in [0.29, 0.717) is 0 Å². The predicted molar refractivity (Wildman–Crippen MR) is 341 cm³/mol. The standard InChI is InChI=1S/C76H49N3O2S/c1-2-14-53(15-3-1)79-69-30-24-46(38-60(69)61-41-49(25-31-70(61)79)54-16-4-6-18-56(54)67-21-10-12-36-77-67)47-26-32-71-62(39-47)65-43-51(29-35-74(65)80-71)59-44-52(45-66-58-20-8-9-23-75(58)82-76(59)66)48-27-33-72-63(40-48)64-42-50(28-34-73(64)81-72)55-17-5-7-19-57(55)68-22-11-13-37-78-68/h1-24,26-30,32-39,41-45,48H,25,31,40H2. The van der Waals surface area contributed by atoms with Crippen LogP contribution in [0.15, 0.2) is 252 Å². The lowest BCUT2D eigenvalue weighted by Gasteiger charge is -2.19. The molecule has 6 heterocycles. The first kappa shape index (κ1) is 46.7. The summed E-state index contributed by atoms with van der Waals surface area (Å²) in [5.41, 5.74) is 24.0. The summed E-state index contributed by atoms with van der Waals surface area (Å²) in [5, 5.41) is 7.18. The lowest BCUT2D eigenvalue weighted by Crippen LogP contribution is -2.05. The van der Waals surface area contributed by atoms with Gasteiger partial charge >= 0.3 is 0 Å². The van der Waals surface area contributed by atoms with E-state index in [9.17, 15) is 0 Å². The molecule has 9 aromatic carbocycles. The van der Waals surface area contributed by atoms with Crippen molar-refractivity contribution < 1.29 is 8.83 Å². The molecule has 2 aliphatic carbocycles. The topological polar surface area (TPSA) is 57.0 Å². The molecule has 0 aliphatic heterocycles. The Labute approximate surface area is 477 Å². The van der Waals surface area contributed by atoms with Gasteiger partial charge in [-0.2, -0.15) is 0 Å². The maximum absolute atomic E-state index is 6.67. The van der Waals surface area contributed by atoms with Gasteiger partial charge in [0, 0.05) is 93.7 Å². The molecule has 15 aromatic rings. The number of pyridine rings is 2. The van der Waals surface area contributed by atoms with Gasteiger partial charge in [-0.25, -0.2) is 0 Å². The van der Waals surface area contributed by atoms with Crippen LogP contribution in [0.4, 0.5) is 0 Å². The quantitative estimate of drug-likeness (QED) is 0.152. The summed E-state index contributed by atoms with van der Waals surface area (Å²) in [6.45, 7) is 0. The first-order valence-electron chi connectivity index (χ1n) is 28.2. The van der Waals surface area contributed by atoms with Crippen LogP contribution in [0.3, 0.4) is 0 Å². The van der Waals surface area contributed by atoms with Gasteiger partial charge in [-0.15, -0.1) is 11.3 Å². The summed E-state index contributed by atoms with van der Waals surface area (Å²) >= 11 is 1.88. The van der Waals surface area contributed by atoms with E-state index >= 15 is 0 Å². The van der Waals surface area contributed by atoms with Gasteiger partial charge in [0.25, 0.3) is 0 Å². The highest BCUT2D eigenvalue weighted by Gasteiger charge is 2.27. The Morgan fingerprint density at radius 1 is 0.451 bits per heavy atom. The van der Waals surface area contributed by atoms with Crippen molar-refractivity contribution in [3.05, 3.63) is 277 Å². The second-order valence-corrected chi connectivity index (χ2v) is 22.9. The summed E-state index contributed by atoms with van der Waals surface area (Å²) in [6, 6.07) is 81.3. The van der Waals surface area contributed by atoms with Crippen LogP contribution in [0.5, 0.6) is 0 Å². The molecule has 0 N–H and O–H groups in total. The summed E-state index contributed by atoms with van der Waals surface area (Å²) in [5.74, 6) is 1.08. The van der Waals surface area contributed by atoms with Crippen molar-refractivity contribution in [1.82, 2.24) is 14.5 Å². The number of hydrogen-bond donors (Lipinski definition) is 0. The fourth-order valence-corrected chi connectivity index (χ4v) is 14.6. The Kier molecular flexibility index (Phi) is 10.7. The van der Waals surface area contributed by atoms with E-state index in [1.54, 1.807) is 0 Å². The summed E-state index contributed by atoms with van der Waals surface area (Å²) in [6.07, 6.45) is 13.4. The van der Waals surface area contributed by atoms with Gasteiger partial charge in [-0.05, 0) is 185 Å². The van der Waals surface area contributed by atoms with Gasteiger partial charge in [0.05, 0.1) is 16.9 Å². The molecule has 0 spiro atoms. The molecule has 0 amide bonds. The number of thiophene rings is 1. The maximum atomic E-state index is 6.67. The fourth-order valence-electron chi connectivity index (χ4n) is 13.3. The van der Waals surface area contributed by atoms with E-state index in [2.05, 4.69) is 229 Å². The molecule has 0 fully saturated rings. The summed E-state index contributed by atoms with van der Waals surface area (Å²) in [4.78, 5) is 9.49. The Hall–Kier alpha value is -10.1. The fraction of sp³-hybridized carbons (Fsp3) is 0.0526. The number of furan rings is 2. The number of allylic oxidation sites excluding steroid dienone is 2. The molecule has 6 heteroatoms. The van der Waals surface area contributed by atoms with E-state index in [-0.39, 0.29) is 5.92 Å². The van der Waals surface area contributed by atoms with Crippen LogP contribution in [0, 0.1) is 0 Å². The number of para-hydroxylation sites is 1. The molecular formula is C76H49N3O2S. The van der Waals surface area contributed by atoms with Gasteiger partial charge in [0.15, 0.2) is 0 Å². The smallest absolute Gasteiger partial charge is 0.135 e. The first-order chi connectivity index (χ1) is 40.6. The minimum Gasteiger partial charge on any atom is -0.456 e. The zero-order chi connectivity index (χ0) is 53.8. The zero-order valence-corrected chi connectivity index (χ0v) is 45.3. The first-order valence-corrected chi connectivity index (χ1v) is 29.0. The van der Waals surface area contributed by atoms with E-state index < -0.39 is 0 Å². The summed E-state index contributed by atoms with van der Waals surface area (Å²) in [7, 11) is 0. The Morgan fingerprint density at radius 2 is 1.06 bits per heavy atom. The molecule has 2 aliphatic rings. The highest BCUT2D eigenvalue weighted by Crippen LogP contribution is 2.48. The van der Waals surface area contributed by atoms with Gasteiger partial charge in [-0.1, -0.05) is 127 Å². The molecule has 82 heavy (non-hydrogen) atoms. The minimum absolute atomic E-state index is 0.137. The number of aromatic nitrogens is 3. The predicted octanol–water partition coefficient (Wildman–Crippen LogP) is 20.6. The molecule has 0 saturated heterocycles. The zero-order valence-electron chi connectivity index (χ0n) is 44.5. The third-order valence-corrected chi connectivity index (χ3v) is 18.5. The normalized spacial score (nSPS) is 14.1. The highest BCUT2D eigenvalue weighted by atomic mass is 32.1. The second kappa shape index (κ2) is 18.7. The maximum Gasteiger partial charge on any atom is 0.135 e. The van der Waals surface area contributed by atoms with E-state index in [0.717, 1.165) is 97.1 Å². The van der Waals surface area contributed by atoms with E-state index in [1.165, 1.54) is 87.0 Å². The van der Waals surface area contributed by atoms with Crippen molar-refractivity contribution in [3.8, 4) is 61.6 Å². The summed E-state index contributed by atoms with van der Waals surface area (Å²) < 4.78 is 18.3. The van der Waals surface area contributed by atoms with Crippen molar-refractivity contribution in [3.63, 3.8) is 0 Å². The Bertz CT molecular complexity index is 5130. The average Bonchev–Trinajstić information content (AvgIpc) is 4.50. The van der Waals surface area contributed by atoms with Crippen LogP contribution in [-0.2, 0) is 12.8 Å². The minimum atomic E-state index is 0.137. The Morgan fingerprint density at radius 3 is 1.82 bits per heavy atom. The van der Waals surface area contributed by atoms with E-state index in [1.807, 2.05) is 41.9 Å². The third-order valence-electron chi connectivity index (χ3n) is 17.2. The van der Waals surface area contributed by atoms with Crippen molar-refractivity contribution in [2.24, 2.45) is 0 Å². The van der Waals surface area contributed by atoms with Crippen molar-refractivity contribution >= 4 is 93.0 Å². The molecule has 0 saturated carbocycles. The van der Waals surface area contributed by atoms with Crippen LogP contribution in [-0.4, -0.2) is 14.5 Å². The number of benzene rings is 9. The molecule has 0 bridgehead atoms. The average molecular weight is 1070 g/mol. The second-order valence-electron chi connectivity index (χ2n) is 21.8. The largest absolute Gasteiger partial charge is 0.456 e. The monoisotopic (exact) mass is 1070 g/mol. The van der Waals surface area contributed by atoms with Crippen molar-refractivity contribution in [1.29, 1.82) is 0 Å². The lowest BCUT2D eigenvalue weighted by atomic mass is 9.84. The number of rotatable bonds is 8. The van der Waals surface area contributed by atoms with Crippen LogP contribution in [0.2, 0.25) is 0 Å². The third kappa shape index (κ3) is 7.59. The van der Waals surface area contributed by atoms with Crippen LogP contribution >= 0.6 is 11.3 Å². The van der Waals surface area contributed by atoms with Gasteiger partial charge < -0.3 is 13.4 Å². The van der Waals surface area contributed by atoms with Crippen molar-refractivity contribution in [2.75, 3.05) is 0 Å². The number of hydrogen-bond acceptors (Lipinski definition) is 5. The van der Waals surface area contributed by atoms with Gasteiger partial charge in [0.2, 0.25) is 0 Å². The van der Waals surface area contributed by atoms with Gasteiger partial charge in [0.1, 0.15) is 22.5 Å². The molecular weight excluding hydrogens is 1020 g/mol. The van der Waals surface area contributed by atoms with Gasteiger partial charge in [-0.3, -0.25) is 9.97 Å². The van der Waals surface area contributed by atoms with Crippen molar-refractivity contribution in [2.45, 2.75) is 25.2 Å². The van der Waals surface area contributed by atoms with Crippen LogP contribution in [0.25, 0.3) is 143 Å². The molecule has 5 nitrogen and oxygen atoms in total. The SMILES string of the molecule is C1=CC(c2cc(-c3ccc4oc5ccc(-c6ccc7c(c6)c6c(n7-c7ccccc7)CCC(c7ccccc7-c7ccccn7)=C6)cc5c4c3)c3sc4ccccc4c3c2)Cc2c1oc1ccc(-c3ccccc3-c3ccccn3)cc21. The molecule has 6 aromatic heterocycles.